The van der Waals surface area contributed by atoms with E-state index < -0.39 is 0 Å². The lowest BCUT2D eigenvalue weighted by molar-refractivity contribution is 0.184. The van der Waals surface area contributed by atoms with Gasteiger partial charge in [0.1, 0.15) is 23.2 Å². The van der Waals surface area contributed by atoms with Crippen LogP contribution in [0.2, 0.25) is 10.0 Å². The number of benzene rings is 1. The average molecular weight is 415 g/mol. The van der Waals surface area contributed by atoms with Gasteiger partial charge in [0, 0.05) is 23.9 Å². The summed E-state index contributed by atoms with van der Waals surface area (Å²) in [5, 5.41) is 14.5. The molecule has 0 radical (unpaired) electrons. The van der Waals surface area contributed by atoms with Gasteiger partial charge in [-0.25, -0.2) is 4.98 Å². The quantitative estimate of drug-likeness (QED) is 0.429. The predicted octanol–water partition coefficient (Wildman–Crippen LogP) is 5.42. The maximum absolute atomic E-state index is 9.43. The minimum absolute atomic E-state index is 0.315. The van der Waals surface area contributed by atoms with E-state index in [9.17, 15) is 5.26 Å². The average Bonchev–Trinajstić information content (AvgIpc) is 3.13. The second kappa shape index (κ2) is 8.89. The SMILES string of the molecule is COCc1cc(C)nc(NN=Cc2ccc(-c3ccc(Cl)c(Cl)c3)o2)c1C#N. The summed E-state index contributed by atoms with van der Waals surface area (Å²) in [7, 11) is 1.57. The Kier molecular flexibility index (Phi) is 6.32. The second-order valence-corrected chi connectivity index (χ2v) is 6.71. The van der Waals surface area contributed by atoms with Crippen LogP contribution in [0, 0.1) is 18.3 Å². The van der Waals surface area contributed by atoms with Crippen molar-refractivity contribution >= 4 is 35.2 Å². The maximum Gasteiger partial charge on any atom is 0.164 e. The van der Waals surface area contributed by atoms with Crippen molar-refractivity contribution in [2.75, 3.05) is 12.5 Å². The first-order valence-corrected chi connectivity index (χ1v) is 9.01. The van der Waals surface area contributed by atoms with Crippen molar-refractivity contribution in [3.05, 3.63) is 69.0 Å². The van der Waals surface area contributed by atoms with E-state index in [0.717, 1.165) is 16.8 Å². The van der Waals surface area contributed by atoms with Gasteiger partial charge in [-0.3, -0.25) is 5.43 Å². The number of nitrogens with one attached hydrogen (secondary N) is 1. The van der Waals surface area contributed by atoms with Crippen molar-refractivity contribution in [1.82, 2.24) is 4.98 Å². The summed E-state index contributed by atoms with van der Waals surface area (Å²) in [4.78, 5) is 4.33. The lowest BCUT2D eigenvalue weighted by Gasteiger charge is -2.08. The number of hydrazone groups is 1. The monoisotopic (exact) mass is 414 g/mol. The number of halogens is 2. The van der Waals surface area contributed by atoms with Gasteiger partial charge in [0.15, 0.2) is 5.82 Å². The van der Waals surface area contributed by atoms with E-state index in [2.05, 4.69) is 21.6 Å². The van der Waals surface area contributed by atoms with E-state index in [0.29, 0.717) is 39.6 Å². The highest BCUT2D eigenvalue weighted by molar-refractivity contribution is 6.42. The van der Waals surface area contributed by atoms with E-state index in [1.54, 1.807) is 25.3 Å². The minimum atomic E-state index is 0.315. The number of nitriles is 1. The van der Waals surface area contributed by atoms with Crippen molar-refractivity contribution in [3.8, 4) is 17.4 Å². The summed E-state index contributed by atoms with van der Waals surface area (Å²) in [6, 6.07) is 12.8. The van der Waals surface area contributed by atoms with Crippen molar-refractivity contribution in [2.24, 2.45) is 5.10 Å². The van der Waals surface area contributed by atoms with Crippen molar-refractivity contribution in [1.29, 1.82) is 5.26 Å². The highest BCUT2D eigenvalue weighted by Gasteiger charge is 2.11. The molecule has 1 N–H and O–H groups in total. The summed E-state index contributed by atoms with van der Waals surface area (Å²) in [6.45, 7) is 2.15. The van der Waals surface area contributed by atoms with Crippen LogP contribution in [0.4, 0.5) is 5.82 Å². The van der Waals surface area contributed by atoms with Crippen LogP contribution < -0.4 is 5.43 Å². The number of nitrogens with zero attached hydrogens (tertiary/aromatic N) is 3. The largest absolute Gasteiger partial charge is 0.455 e. The standard InChI is InChI=1S/C20H16Cl2N4O2/c1-12-7-14(11-27-2)16(9-23)20(25-12)26-24-10-15-4-6-19(28-15)13-3-5-17(21)18(22)8-13/h3-8,10H,11H2,1-2H3,(H,25,26). The van der Waals surface area contributed by atoms with E-state index in [-0.39, 0.29) is 0 Å². The summed E-state index contributed by atoms with van der Waals surface area (Å²) < 4.78 is 10.9. The van der Waals surface area contributed by atoms with Crippen LogP contribution in [0.1, 0.15) is 22.6 Å². The number of pyridine rings is 1. The van der Waals surface area contributed by atoms with Crippen LogP contribution in [-0.4, -0.2) is 18.3 Å². The number of rotatable bonds is 6. The van der Waals surface area contributed by atoms with Gasteiger partial charge < -0.3 is 9.15 Å². The van der Waals surface area contributed by atoms with Crippen LogP contribution in [0.15, 0.2) is 45.9 Å². The van der Waals surface area contributed by atoms with Crippen LogP contribution in [-0.2, 0) is 11.3 Å². The molecule has 142 valence electrons. The zero-order chi connectivity index (χ0) is 20.1. The maximum atomic E-state index is 9.43. The van der Waals surface area contributed by atoms with Crippen LogP contribution >= 0.6 is 23.2 Å². The first-order valence-electron chi connectivity index (χ1n) is 8.25. The van der Waals surface area contributed by atoms with Crippen LogP contribution in [0.5, 0.6) is 0 Å². The molecule has 8 heteroatoms. The van der Waals surface area contributed by atoms with Gasteiger partial charge in [0.05, 0.1) is 22.9 Å². The number of hydrogen-bond acceptors (Lipinski definition) is 6. The number of aryl methyl sites for hydroxylation is 1. The third-order valence-corrected chi connectivity index (χ3v) is 4.57. The van der Waals surface area contributed by atoms with Crippen LogP contribution in [0.3, 0.4) is 0 Å². The molecule has 0 aliphatic carbocycles. The molecule has 0 amide bonds. The Bertz CT molecular complexity index is 1070. The van der Waals surface area contributed by atoms with Crippen molar-refractivity contribution < 1.29 is 9.15 Å². The molecule has 2 aromatic heterocycles. The molecule has 0 saturated heterocycles. The molecule has 0 saturated carbocycles. The molecule has 0 bridgehead atoms. The molecule has 0 atom stereocenters. The van der Waals surface area contributed by atoms with Gasteiger partial charge in [-0.15, -0.1) is 0 Å². The summed E-state index contributed by atoms with van der Waals surface area (Å²) >= 11 is 12.0. The van der Waals surface area contributed by atoms with Crippen LogP contribution in [0.25, 0.3) is 11.3 Å². The molecule has 0 aliphatic heterocycles. The number of ether oxygens (including phenoxy) is 1. The minimum Gasteiger partial charge on any atom is -0.455 e. The third kappa shape index (κ3) is 4.52. The summed E-state index contributed by atoms with van der Waals surface area (Å²) in [5.41, 5.74) is 5.49. The Balaban J connectivity index is 1.78. The molecule has 1 aromatic carbocycles. The van der Waals surface area contributed by atoms with Gasteiger partial charge in [-0.1, -0.05) is 23.2 Å². The fourth-order valence-electron chi connectivity index (χ4n) is 2.60. The van der Waals surface area contributed by atoms with E-state index in [4.69, 9.17) is 32.4 Å². The molecule has 2 heterocycles. The normalized spacial score (nSPS) is 11.0. The Labute approximate surface area is 172 Å². The molecule has 3 aromatic rings. The lowest BCUT2D eigenvalue weighted by Crippen LogP contribution is -2.03. The molecular weight excluding hydrogens is 399 g/mol. The number of anilines is 1. The van der Waals surface area contributed by atoms with Crippen molar-refractivity contribution in [2.45, 2.75) is 13.5 Å². The first kappa shape index (κ1) is 19.9. The van der Waals surface area contributed by atoms with Crippen molar-refractivity contribution in [3.63, 3.8) is 0 Å². The smallest absolute Gasteiger partial charge is 0.164 e. The van der Waals surface area contributed by atoms with Gasteiger partial charge in [-0.05, 0) is 43.3 Å². The topological polar surface area (TPSA) is 83.4 Å². The van der Waals surface area contributed by atoms with Gasteiger partial charge in [0.2, 0.25) is 0 Å². The Morgan fingerprint density at radius 3 is 2.79 bits per heavy atom. The summed E-state index contributed by atoms with van der Waals surface area (Å²) in [6.07, 6.45) is 1.50. The van der Waals surface area contributed by atoms with Gasteiger partial charge in [0.25, 0.3) is 0 Å². The third-order valence-electron chi connectivity index (χ3n) is 3.83. The fourth-order valence-corrected chi connectivity index (χ4v) is 2.90. The van der Waals surface area contributed by atoms with E-state index >= 15 is 0 Å². The molecule has 6 nitrogen and oxygen atoms in total. The fraction of sp³-hybridized carbons (Fsp3) is 0.150. The zero-order valence-corrected chi connectivity index (χ0v) is 16.7. The Hall–Kier alpha value is -2.85. The molecule has 28 heavy (non-hydrogen) atoms. The molecule has 0 unspecified atom stereocenters. The summed E-state index contributed by atoms with van der Waals surface area (Å²) in [5.74, 6) is 1.52. The molecule has 0 aliphatic rings. The first-order chi connectivity index (χ1) is 13.5. The molecule has 3 rings (SSSR count). The van der Waals surface area contributed by atoms with Gasteiger partial charge in [-0.2, -0.15) is 10.4 Å². The Morgan fingerprint density at radius 2 is 2.07 bits per heavy atom. The predicted molar refractivity (Wildman–Crippen MR) is 110 cm³/mol. The number of methoxy groups -OCH3 is 1. The number of furan rings is 1. The molecular formula is C20H16Cl2N4O2. The Morgan fingerprint density at radius 1 is 1.25 bits per heavy atom. The van der Waals surface area contributed by atoms with E-state index in [1.165, 1.54) is 6.21 Å². The van der Waals surface area contributed by atoms with E-state index in [1.807, 2.05) is 25.1 Å². The lowest BCUT2D eigenvalue weighted by atomic mass is 10.1. The number of hydrogen-bond donors (Lipinski definition) is 1. The molecule has 0 spiro atoms. The second-order valence-electron chi connectivity index (χ2n) is 5.89. The highest BCUT2D eigenvalue weighted by Crippen LogP contribution is 2.29. The molecule has 0 fully saturated rings. The number of aromatic nitrogens is 1. The zero-order valence-electron chi connectivity index (χ0n) is 15.2. The highest BCUT2D eigenvalue weighted by atomic mass is 35.5. The van der Waals surface area contributed by atoms with Gasteiger partial charge >= 0.3 is 0 Å².